The molecule has 1 aliphatic carbocycles. The first-order chi connectivity index (χ1) is 34.6. The summed E-state index contributed by atoms with van der Waals surface area (Å²) >= 11 is 5.49. The SMILES string of the molecule is C#CC(C)O.CC(O)c1ccc(F)cc1.CC(O)c1ccc2ccccc2c1.CC(O)c1ccccc1.CCCC(O)c1ccccc1.OC(CCCl)c1ccccc1.OC1CCCCC1c1ccccc1. The molecule has 0 radical (unpaired) electrons. The van der Waals surface area contributed by atoms with Gasteiger partial charge in [0.15, 0.2) is 0 Å². The van der Waals surface area contributed by atoms with E-state index in [9.17, 15) is 24.8 Å². The monoisotopic (exact) mass is 1000 g/mol. The Balaban J connectivity index is 0.000000292. The van der Waals surface area contributed by atoms with E-state index < -0.39 is 18.3 Å². The minimum absolute atomic E-state index is 0.115. The van der Waals surface area contributed by atoms with Crippen LogP contribution in [-0.4, -0.2) is 53.8 Å². The van der Waals surface area contributed by atoms with Gasteiger partial charge in [-0.2, -0.15) is 0 Å². The van der Waals surface area contributed by atoms with Gasteiger partial charge in [0.05, 0.1) is 36.6 Å². The van der Waals surface area contributed by atoms with Crippen molar-refractivity contribution in [2.75, 3.05) is 5.88 Å². The quantitative estimate of drug-likeness (QED) is 0.0534. The van der Waals surface area contributed by atoms with Crippen LogP contribution in [0.3, 0.4) is 0 Å². The van der Waals surface area contributed by atoms with Crippen molar-refractivity contribution in [2.24, 2.45) is 0 Å². The van der Waals surface area contributed by atoms with E-state index in [4.69, 9.17) is 26.9 Å². The molecule has 7 aromatic rings. The number of rotatable bonds is 10. The van der Waals surface area contributed by atoms with Crippen molar-refractivity contribution in [1.82, 2.24) is 0 Å². The van der Waals surface area contributed by atoms with Gasteiger partial charge in [-0.15, -0.1) is 18.0 Å². The molecular weight excluding hydrogens is 923 g/mol. The Hall–Kier alpha value is -5.70. The van der Waals surface area contributed by atoms with Crippen molar-refractivity contribution in [3.63, 3.8) is 0 Å². The molecule has 9 heteroatoms. The maximum atomic E-state index is 12.3. The first-order valence-corrected chi connectivity index (χ1v) is 25.4. The van der Waals surface area contributed by atoms with E-state index in [-0.39, 0.29) is 30.2 Å². The first kappa shape index (κ1) is 62.4. The Morgan fingerprint density at radius 1 is 0.514 bits per heavy atom. The highest BCUT2D eigenvalue weighted by atomic mass is 35.5. The number of fused-ring (bicyclic) bond motifs is 1. The molecule has 0 aliphatic heterocycles. The van der Waals surface area contributed by atoms with Crippen molar-refractivity contribution in [2.45, 2.75) is 128 Å². The molecule has 0 aromatic heterocycles. The number of aliphatic hydroxyl groups excluding tert-OH is 7. The molecule has 1 saturated carbocycles. The van der Waals surface area contributed by atoms with Crippen LogP contribution in [-0.2, 0) is 0 Å². The van der Waals surface area contributed by atoms with Gasteiger partial charge >= 0.3 is 0 Å². The maximum Gasteiger partial charge on any atom is 0.123 e. The summed E-state index contributed by atoms with van der Waals surface area (Å²) in [5, 5.41) is 66.7. The molecule has 0 heterocycles. The first-order valence-electron chi connectivity index (χ1n) is 24.8. The Labute approximate surface area is 434 Å². The fourth-order valence-electron chi connectivity index (χ4n) is 7.20. The van der Waals surface area contributed by atoms with Crippen LogP contribution < -0.4 is 0 Å². The lowest BCUT2D eigenvalue weighted by Crippen LogP contribution is -2.22. The van der Waals surface area contributed by atoms with E-state index >= 15 is 0 Å². The number of hydrogen-bond donors (Lipinski definition) is 7. The summed E-state index contributed by atoms with van der Waals surface area (Å²) in [5.41, 5.74) is 5.94. The maximum absolute atomic E-state index is 12.3. The summed E-state index contributed by atoms with van der Waals surface area (Å²) in [5.74, 6) is 2.69. The summed E-state index contributed by atoms with van der Waals surface area (Å²) in [6.07, 6.45) is 9.10. The lowest BCUT2D eigenvalue weighted by Gasteiger charge is -2.27. The zero-order valence-corrected chi connectivity index (χ0v) is 43.4. The van der Waals surface area contributed by atoms with Gasteiger partial charge in [-0.25, -0.2) is 4.39 Å². The normalized spacial score (nSPS) is 15.8. The van der Waals surface area contributed by atoms with Crippen molar-refractivity contribution < 1.29 is 40.1 Å². The summed E-state index contributed by atoms with van der Waals surface area (Å²) in [4.78, 5) is 0. The Bertz CT molecular complexity index is 2380. The summed E-state index contributed by atoms with van der Waals surface area (Å²) in [6.45, 7) is 8.80. The number of hydrogen-bond acceptors (Lipinski definition) is 7. The third-order valence-corrected chi connectivity index (χ3v) is 11.6. The highest BCUT2D eigenvalue weighted by Gasteiger charge is 2.24. The van der Waals surface area contributed by atoms with Crippen LogP contribution in [0.15, 0.2) is 188 Å². The van der Waals surface area contributed by atoms with Crippen LogP contribution in [0.2, 0.25) is 0 Å². The van der Waals surface area contributed by atoms with Gasteiger partial charge in [-0.1, -0.05) is 202 Å². The van der Waals surface area contributed by atoms with E-state index in [2.05, 4.69) is 55.7 Å². The second-order valence-corrected chi connectivity index (χ2v) is 17.8. The van der Waals surface area contributed by atoms with Crippen molar-refractivity contribution in [3.8, 4) is 12.3 Å². The fourth-order valence-corrected chi connectivity index (χ4v) is 7.41. The molecule has 72 heavy (non-hydrogen) atoms. The zero-order valence-electron chi connectivity index (χ0n) is 42.6. The smallest absolute Gasteiger partial charge is 0.123 e. The average Bonchev–Trinajstić information content (AvgIpc) is 3.41. The molecule has 386 valence electrons. The topological polar surface area (TPSA) is 142 Å². The van der Waals surface area contributed by atoms with Crippen LogP contribution in [0, 0.1) is 18.2 Å². The van der Waals surface area contributed by atoms with Gasteiger partial charge in [-0.3, -0.25) is 0 Å². The van der Waals surface area contributed by atoms with E-state index in [1.807, 2.05) is 127 Å². The third kappa shape index (κ3) is 26.1. The predicted molar refractivity (Wildman–Crippen MR) is 296 cm³/mol. The van der Waals surface area contributed by atoms with Crippen LogP contribution in [0.1, 0.15) is 149 Å². The number of alkyl halides is 1. The number of halogens is 2. The average molecular weight is 1000 g/mol. The molecule has 7 nitrogen and oxygen atoms in total. The van der Waals surface area contributed by atoms with Crippen LogP contribution >= 0.6 is 11.6 Å². The Morgan fingerprint density at radius 3 is 1.32 bits per heavy atom. The molecule has 1 aliphatic rings. The largest absolute Gasteiger partial charge is 0.392 e. The number of terminal acetylenes is 1. The molecule has 1 fully saturated rings. The molecule has 8 atom stereocenters. The predicted octanol–water partition coefficient (Wildman–Crippen LogP) is 14.1. The second-order valence-electron chi connectivity index (χ2n) is 17.4. The minimum Gasteiger partial charge on any atom is -0.392 e. The summed E-state index contributed by atoms with van der Waals surface area (Å²) in [6, 6.07) is 59.3. The van der Waals surface area contributed by atoms with Gasteiger partial charge < -0.3 is 35.7 Å². The Kier molecular flexibility index (Phi) is 32.2. The molecule has 0 spiro atoms. The van der Waals surface area contributed by atoms with Gasteiger partial charge in [0, 0.05) is 11.8 Å². The van der Waals surface area contributed by atoms with Crippen LogP contribution in [0.25, 0.3) is 10.8 Å². The summed E-state index contributed by atoms with van der Waals surface area (Å²) in [7, 11) is 0. The minimum atomic E-state index is -0.588. The molecule has 0 saturated heterocycles. The highest BCUT2D eigenvalue weighted by Crippen LogP contribution is 2.32. The molecule has 0 amide bonds. The zero-order chi connectivity index (χ0) is 53.1. The highest BCUT2D eigenvalue weighted by molar-refractivity contribution is 6.17. The number of aliphatic hydroxyl groups is 7. The standard InChI is InChI=1S/C12H12O.C12H16O.C10H14O.C9H11ClO.C8H9FO.C8H10O.C4H6O/c1-9(13)11-7-6-10-4-2-3-5-12(10)8-11;13-12-9-5-4-8-11(12)10-6-2-1-3-7-10;1-2-6-10(11)9-7-4-3-5-8-9;10-7-6-9(11)8-4-2-1-3-5-8;1-6(10)7-2-4-8(9)5-3-7;1-7(9)8-5-3-2-4-6-8;1-3-4(2)5/h2-9,13H,1H3;1-3,6-7,11-13H,4-5,8-9H2;3-5,7-8,10-11H,2,6H2,1H3;1-5,9,11H,6-7H2;2-6,10H,1H3;2-7,9H,1H3;1,4-5H,2H3. The van der Waals surface area contributed by atoms with Crippen LogP contribution in [0.4, 0.5) is 4.39 Å². The van der Waals surface area contributed by atoms with Gasteiger partial charge in [0.1, 0.15) is 11.9 Å². The van der Waals surface area contributed by atoms with E-state index in [1.54, 1.807) is 39.8 Å². The molecule has 8 unspecified atom stereocenters. The fraction of sp³-hybridized carbons (Fsp3) is 0.333. The molecule has 7 N–H and O–H groups in total. The van der Waals surface area contributed by atoms with Crippen LogP contribution in [0.5, 0.6) is 0 Å². The van der Waals surface area contributed by atoms with E-state index in [1.165, 1.54) is 41.3 Å². The lowest BCUT2D eigenvalue weighted by molar-refractivity contribution is 0.106. The van der Waals surface area contributed by atoms with Crippen molar-refractivity contribution in [3.05, 3.63) is 227 Å². The van der Waals surface area contributed by atoms with Gasteiger partial charge in [0.2, 0.25) is 0 Å². The summed E-state index contributed by atoms with van der Waals surface area (Å²) < 4.78 is 12.3. The molecule has 8 rings (SSSR count). The molecule has 0 bridgehead atoms. The van der Waals surface area contributed by atoms with Crippen molar-refractivity contribution in [1.29, 1.82) is 0 Å². The number of benzene rings is 7. The lowest BCUT2D eigenvalue weighted by atomic mass is 9.82. The van der Waals surface area contributed by atoms with E-state index in [0.29, 0.717) is 18.2 Å². The molecular formula is C63H78ClFO7. The third-order valence-electron chi connectivity index (χ3n) is 11.4. The van der Waals surface area contributed by atoms with Gasteiger partial charge in [0.25, 0.3) is 0 Å². The second kappa shape index (κ2) is 37.1. The molecule has 7 aromatic carbocycles. The van der Waals surface area contributed by atoms with E-state index in [0.717, 1.165) is 53.5 Å². The van der Waals surface area contributed by atoms with Crippen molar-refractivity contribution >= 4 is 22.4 Å². The van der Waals surface area contributed by atoms with Gasteiger partial charge in [-0.05, 0) is 116 Å². The Morgan fingerprint density at radius 2 is 0.903 bits per heavy atom.